The number of amides is 2. The molecule has 0 unspecified atom stereocenters. The van der Waals surface area contributed by atoms with Crippen molar-refractivity contribution in [1.29, 1.82) is 0 Å². The zero-order valence-electron chi connectivity index (χ0n) is 15.2. The Balaban J connectivity index is 2.32. The topological polar surface area (TPSA) is 76.7 Å². The van der Waals surface area contributed by atoms with Crippen LogP contribution in [0.15, 0.2) is 35.5 Å². The first-order chi connectivity index (χ1) is 11.9. The van der Waals surface area contributed by atoms with Crippen molar-refractivity contribution in [1.82, 2.24) is 10.6 Å². The quantitative estimate of drug-likeness (QED) is 0.743. The van der Waals surface area contributed by atoms with E-state index in [0.717, 1.165) is 12.0 Å². The van der Waals surface area contributed by atoms with E-state index in [9.17, 15) is 9.59 Å². The summed E-state index contributed by atoms with van der Waals surface area (Å²) in [6.45, 7) is 8.58. The SMILES string of the molecule is CCOc1ccccc1[C@H]1NC(=O)NC(C)=C1C(=O)OCCC(C)C. The van der Waals surface area contributed by atoms with Crippen LogP contribution in [0.3, 0.4) is 0 Å². The van der Waals surface area contributed by atoms with Crippen LogP contribution in [0.5, 0.6) is 5.75 Å². The highest BCUT2D eigenvalue weighted by Crippen LogP contribution is 2.33. The van der Waals surface area contributed by atoms with Gasteiger partial charge in [0.2, 0.25) is 0 Å². The number of allylic oxidation sites excluding steroid dienone is 1. The second-order valence-electron chi connectivity index (χ2n) is 6.36. The van der Waals surface area contributed by atoms with Gasteiger partial charge in [0.05, 0.1) is 24.8 Å². The number of rotatable bonds is 7. The van der Waals surface area contributed by atoms with Gasteiger partial charge in [0.15, 0.2) is 0 Å². The van der Waals surface area contributed by atoms with Crippen LogP contribution in [-0.4, -0.2) is 25.2 Å². The molecular formula is C19H26N2O4. The molecule has 0 aromatic heterocycles. The molecule has 1 heterocycles. The summed E-state index contributed by atoms with van der Waals surface area (Å²) in [4.78, 5) is 24.6. The Morgan fingerprint density at radius 1 is 1.28 bits per heavy atom. The van der Waals surface area contributed by atoms with Crippen molar-refractivity contribution in [3.63, 3.8) is 0 Å². The molecule has 0 aliphatic carbocycles. The standard InChI is InChI=1S/C19H26N2O4/c1-5-24-15-9-7-6-8-14(15)17-16(13(4)20-19(23)21-17)18(22)25-11-10-12(2)3/h6-9,12,17H,5,10-11H2,1-4H3,(H2,20,21,23)/t17-/m1/s1. The van der Waals surface area contributed by atoms with Crippen LogP contribution in [0.4, 0.5) is 4.79 Å². The number of urea groups is 1. The van der Waals surface area contributed by atoms with Gasteiger partial charge in [-0.25, -0.2) is 9.59 Å². The minimum atomic E-state index is -0.608. The average Bonchev–Trinajstić information content (AvgIpc) is 2.54. The highest BCUT2D eigenvalue weighted by atomic mass is 16.5. The molecule has 2 rings (SSSR count). The first-order valence-electron chi connectivity index (χ1n) is 8.61. The Kier molecular flexibility index (Phi) is 6.44. The number of benzene rings is 1. The Hall–Kier alpha value is -2.50. The van der Waals surface area contributed by atoms with Gasteiger partial charge in [-0.1, -0.05) is 32.0 Å². The van der Waals surface area contributed by atoms with Gasteiger partial charge >= 0.3 is 12.0 Å². The monoisotopic (exact) mass is 346 g/mol. The molecular weight excluding hydrogens is 320 g/mol. The van der Waals surface area contributed by atoms with Crippen molar-refractivity contribution in [3.8, 4) is 5.75 Å². The Morgan fingerprint density at radius 2 is 2.00 bits per heavy atom. The van der Waals surface area contributed by atoms with E-state index in [1.165, 1.54) is 0 Å². The first-order valence-corrected chi connectivity index (χ1v) is 8.61. The molecule has 0 bridgehead atoms. The van der Waals surface area contributed by atoms with E-state index < -0.39 is 12.0 Å². The molecule has 0 saturated carbocycles. The van der Waals surface area contributed by atoms with Gasteiger partial charge in [0.25, 0.3) is 0 Å². The summed E-state index contributed by atoms with van der Waals surface area (Å²) in [5.41, 5.74) is 1.62. The van der Waals surface area contributed by atoms with Gasteiger partial charge in [-0.05, 0) is 32.3 Å². The lowest BCUT2D eigenvalue weighted by molar-refractivity contribution is -0.139. The fourth-order valence-corrected chi connectivity index (χ4v) is 2.67. The molecule has 0 spiro atoms. The highest BCUT2D eigenvalue weighted by Gasteiger charge is 2.33. The van der Waals surface area contributed by atoms with Gasteiger partial charge < -0.3 is 20.1 Å². The number of ether oxygens (including phenoxy) is 2. The van der Waals surface area contributed by atoms with E-state index in [-0.39, 0.29) is 6.03 Å². The molecule has 25 heavy (non-hydrogen) atoms. The molecule has 6 heteroatoms. The molecule has 6 nitrogen and oxygen atoms in total. The van der Waals surface area contributed by atoms with Crippen LogP contribution in [0.25, 0.3) is 0 Å². The molecule has 1 aliphatic heterocycles. The van der Waals surface area contributed by atoms with E-state index in [1.54, 1.807) is 6.92 Å². The van der Waals surface area contributed by atoms with E-state index in [2.05, 4.69) is 24.5 Å². The van der Waals surface area contributed by atoms with Crippen molar-refractivity contribution in [2.45, 2.75) is 40.2 Å². The number of nitrogens with one attached hydrogen (secondary N) is 2. The lowest BCUT2D eigenvalue weighted by Gasteiger charge is -2.29. The maximum Gasteiger partial charge on any atom is 0.338 e. The zero-order chi connectivity index (χ0) is 18.4. The number of hydrogen-bond acceptors (Lipinski definition) is 4. The highest BCUT2D eigenvalue weighted by molar-refractivity contribution is 5.95. The summed E-state index contributed by atoms with van der Waals surface area (Å²) < 4.78 is 11.1. The summed E-state index contributed by atoms with van der Waals surface area (Å²) in [5, 5.41) is 5.45. The third kappa shape index (κ3) is 4.75. The van der Waals surface area contributed by atoms with Crippen molar-refractivity contribution in [2.75, 3.05) is 13.2 Å². The summed E-state index contributed by atoms with van der Waals surface area (Å²) in [6, 6.07) is 6.41. The summed E-state index contributed by atoms with van der Waals surface area (Å²) >= 11 is 0. The van der Waals surface area contributed by atoms with E-state index in [1.807, 2.05) is 31.2 Å². The molecule has 0 radical (unpaired) electrons. The lowest BCUT2D eigenvalue weighted by Crippen LogP contribution is -2.45. The molecule has 0 fully saturated rings. The minimum Gasteiger partial charge on any atom is -0.494 e. The van der Waals surface area contributed by atoms with Crippen LogP contribution < -0.4 is 15.4 Å². The van der Waals surface area contributed by atoms with Crippen molar-refractivity contribution in [2.24, 2.45) is 5.92 Å². The first kappa shape index (κ1) is 18.8. The smallest absolute Gasteiger partial charge is 0.338 e. The fraction of sp³-hybridized carbons (Fsp3) is 0.474. The Labute approximate surface area is 148 Å². The van der Waals surface area contributed by atoms with Gasteiger partial charge in [0.1, 0.15) is 5.75 Å². The van der Waals surface area contributed by atoms with Crippen molar-refractivity contribution < 1.29 is 19.1 Å². The molecule has 1 aliphatic rings. The third-order valence-electron chi connectivity index (χ3n) is 3.95. The van der Waals surface area contributed by atoms with Crippen LogP contribution in [0, 0.1) is 5.92 Å². The van der Waals surface area contributed by atoms with Gasteiger partial charge in [-0.2, -0.15) is 0 Å². The zero-order valence-corrected chi connectivity index (χ0v) is 15.2. The Bertz CT molecular complexity index is 667. The average molecular weight is 346 g/mol. The van der Waals surface area contributed by atoms with E-state index in [0.29, 0.717) is 36.2 Å². The predicted octanol–water partition coefficient (Wildman–Crippen LogP) is 3.30. The molecule has 1 aromatic rings. The van der Waals surface area contributed by atoms with E-state index in [4.69, 9.17) is 9.47 Å². The summed E-state index contributed by atoms with van der Waals surface area (Å²) in [7, 11) is 0. The second-order valence-corrected chi connectivity index (χ2v) is 6.36. The molecule has 1 atom stereocenters. The maximum atomic E-state index is 12.6. The normalized spacial score (nSPS) is 17.2. The molecule has 0 saturated heterocycles. The number of carbonyl (C=O) groups is 2. The van der Waals surface area contributed by atoms with Gasteiger partial charge in [-0.3, -0.25) is 0 Å². The van der Waals surface area contributed by atoms with Crippen LogP contribution in [0.1, 0.15) is 45.7 Å². The second kappa shape index (κ2) is 8.55. The summed E-state index contributed by atoms with van der Waals surface area (Å²) in [5.74, 6) is 0.654. The fourth-order valence-electron chi connectivity index (χ4n) is 2.67. The number of esters is 1. The molecule has 136 valence electrons. The predicted molar refractivity (Wildman–Crippen MR) is 95.1 cm³/mol. The van der Waals surface area contributed by atoms with Crippen LogP contribution in [0.2, 0.25) is 0 Å². The maximum absolute atomic E-state index is 12.6. The van der Waals surface area contributed by atoms with Gasteiger partial charge in [0, 0.05) is 11.3 Å². The van der Waals surface area contributed by atoms with Crippen molar-refractivity contribution >= 4 is 12.0 Å². The number of para-hydroxylation sites is 1. The van der Waals surface area contributed by atoms with Gasteiger partial charge in [-0.15, -0.1) is 0 Å². The van der Waals surface area contributed by atoms with Crippen molar-refractivity contribution in [3.05, 3.63) is 41.1 Å². The summed E-state index contributed by atoms with van der Waals surface area (Å²) in [6.07, 6.45) is 0.790. The molecule has 2 amide bonds. The molecule has 2 N–H and O–H groups in total. The third-order valence-corrected chi connectivity index (χ3v) is 3.95. The largest absolute Gasteiger partial charge is 0.494 e. The Morgan fingerprint density at radius 3 is 2.68 bits per heavy atom. The minimum absolute atomic E-state index is 0.348. The molecule has 1 aromatic carbocycles. The lowest BCUT2D eigenvalue weighted by atomic mass is 9.95. The number of hydrogen-bond donors (Lipinski definition) is 2. The van der Waals surface area contributed by atoms with Crippen LogP contribution >= 0.6 is 0 Å². The van der Waals surface area contributed by atoms with Crippen LogP contribution in [-0.2, 0) is 9.53 Å². The van der Waals surface area contributed by atoms with E-state index >= 15 is 0 Å². The number of carbonyl (C=O) groups excluding carboxylic acids is 2.